The van der Waals surface area contributed by atoms with E-state index in [9.17, 15) is 28.8 Å². The average molecular weight is 689 g/mol. The Balaban J connectivity index is 1.87. The number of nitrogens with one attached hydrogen (secondary N) is 5. The van der Waals surface area contributed by atoms with Crippen LogP contribution in [-0.4, -0.2) is 90.9 Å². The average Bonchev–Trinajstić information content (AvgIpc) is 3.34. The minimum Gasteiger partial charge on any atom is -0.447 e. The molecule has 0 bridgehead atoms. The van der Waals surface area contributed by atoms with Crippen molar-refractivity contribution in [2.75, 3.05) is 26.2 Å². The minimum absolute atomic E-state index is 0.0608. The number of nitrogens with zero attached hydrogens (tertiary/aromatic N) is 1. The van der Waals surface area contributed by atoms with Gasteiger partial charge in [0.25, 0.3) is 5.91 Å². The summed E-state index contributed by atoms with van der Waals surface area (Å²) >= 11 is 0. The van der Waals surface area contributed by atoms with Crippen molar-refractivity contribution in [2.45, 2.75) is 125 Å². The number of hydrogen-bond donors (Lipinski definition) is 5. The number of carbonyl (C=O) groups is 6. The Labute approximate surface area is 291 Å². The van der Waals surface area contributed by atoms with E-state index in [0.717, 1.165) is 32.1 Å². The number of hydrogen-bond acceptors (Lipinski definition) is 7. The van der Waals surface area contributed by atoms with Gasteiger partial charge in [-0.3, -0.25) is 19.2 Å². The van der Waals surface area contributed by atoms with E-state index in [-0.39, 0.29) is 42.7 Å². The number of rotatable bonds is 15. The van der Waals surface area contributed by atoms with Crippen LogP contribution in [0.25, 0.3) is 0 Å². The van der Waals surface area contributed by atoms with Crippen LogP contribution >= 0.6 is 0 Å². The number of alkyl carbamates (subject to hydrolysis) is 1. The quantitative estimate of drug-likeness (QED) is 0.129. The van der Waals surface area contributed by atoms with Crippen molar-refractivity contribution in [3.8, 4) is 0 Å². The van der Waals surface area contributed by atoms with Crippen molar-refractivity contribution in [1.82, 2.24) is 31.5 Å². The molecule has 3 fully saturated rings. The minimum atomic E-state index is -1.04. The van der Waals surface area contributed by atoms with Crippen molar-refractivity contribution in [3.63, 3.8) is 0 Å². The summed E-state index contributed by atoms with van der Waals surface area (Å²) in [4.78, 5) is 81.7. The number of ether oxygens (including phenoxy) is 1. The van der Waals surface area contributed by atoms with Crippen molar-refractivity contribution >= 4 is 35.6 Å². The van der Waals surface area contributed by atoms with Crippen LogP contribution in [0, 0.1) is 28.1 Å². The van der Waals surface area contributed by atoms with E-state index in [1.54, 1.807) is 11.8 Å². The molecule has 13 heteroatoms. The molecule has 1 aliphatic heterocycles. The number of amides is 6. The van der Waals surface area contributed by atoms with E-state index in [0.29, 0.717) is 19.5 Å². The smallest absolute Gasteiger partial charge is 0.407 e. The first-order valence-corrected chi connectivity index (χ1v) is 17.9. The fourth-order valence-corrected chi connectivity index (χ4v) is 7.58. The maximum atomic E-state index is 14.7. The molecular weight excluding hydrogens is 628 g/mol. The molecule has 5 N–H and O–H groups in total. The maximum Gasteiger partial charge on any atom is 0.407 e. The lowest BCUT2D eigenvalue weighted by Gasteiger charge is -2.43. The van der Waals surface area contributed by atoms with Crippen LogP contribution in [0.15, 0.2) is 12.7 Å². The first-order chi connectivity index (χ1) is 22.9. The SMILES string of the molecule is C=CCNC(=O)C(=O)C(CCC)NC(=O)C1[C@@H]2[C@H](CN1C(=O)[C@@H](NC(=O)N[C@H](COC(=O)NCC)C(C)(C)C)C1(C)CCCCC1)C2(C)C. The molecule has 49 heavy (non-hydrogen) atoms. The second kappa shape index (κ2) is 16.4. The van der Waals surface area contributed by atoms with Gasteiger partial charge in [0.1, 0.15) is 18.7 Å². The molecule has 6 amide bonds. The molecule has 2 aliphatic carbocycles. The van der Waals surface area contributed by atoms with Crippen molar-refractivity contribution in [2.24, 2.45) is 28.1 Å². The highest BCUT2D eigenvalue weighted by Crippen LogP contribution is 2.65. The summed E-state index contributed by atoms with van der Waals surface area (Å²) in [6.45, 7) is 19.9. The zero-order chi connectivity index (χ0) is 36.7. The third-order valence-corrected chi connectivity index (χ3v) is 10.9. The lowest BCUT2D eigenvalue weighted by Crippen LogP contribution is -2.63. The van der Waals surface area contributed by atoms with E-state index in [1.807, 2.05) is 34.6 Å². The van der Waals surface area contributed by atoms with Crippen LogP contribution in [-0.2, 0) is 23.9 Å². The molecule has 1 saturated heterocycles. The number of piperidine rings is 1. The molecule has 276 valence electrons. The van der Waals surface area contributed by atoms with Crippen LogP contribution in [0.4, 0.5) is 9.59 Å². The molecule has 0 aromatic heterocycles. The van der Waals surface area contributed by atoms with Gasteiger partial charge in [0.2, 0.25) is 17.6 Å². The normalized spacial score (nSPS) is 23.8. The van der Waals surface area contributed by atoms with E-state index in [1.165, 1.54) is 6.08 Å². The first kappa shape index (κ1) is 39.8. The summed E-state index contributed by atoms with van der Waals surface area (Å²) < 4.78 is 5.35. The number of urea groups is 1. The lowest BCUT2D eigenvalue weighted by atomic mass is 9.70. The zero-order valence-corrected chi connectivity index (χ0v) is 30.8. The largest absolute Gasteiger partial charge is 0.447 e. The zero-order valence-electron chi connectivity index (χ0n) is 30.8. The summed E-state index contributed by atoms with van der Waals surface area (Å²) in [5.41, 5.74) is -1.23. The van der Waals surface area contributed by atoms with Crippen LogP contribution in [0.2, 0.25) is 0 Å². The van der Waals surface area contributed by atoms with Gasteiger partial charge in [-0.25, -0.2) is 9.59 Å². The van der Waals surface area contributed by atoms with E-state index < -0.39 is 64.7 Å². The lowest BCUT2D eigenvalue weighted by molar-refractivity contribution is -0.146. The predicted octanol–water partition coefficient (Wildman–Crippen LogP) is 3.42. The highest BCUT2D eigenvalue weighted by molar-refractivity contribution is 6.38. The van der Waals surface area contributed by atoms with E-state index in [4.69, 9.17) is 4.74 Å². The first-order valence-electron chi connectivity index (χ1n) is 17.9. The third kappa shape index (κ3) is 9.54. The van der Waals surface area contributed by atoms with E-state index >= 15 is 0 Å². The Morgan fingerprint density at radius 3 is 2.18 bits per heavy atom. The summed E-state index contributed by atoms with van der Waals surface area (Å²) in [6.07, 6.45) is 6.01. The topological polar surface area (TPSA) is 175 Å². The van der Waals surface area contributed by atoms with E-state index in [2.05, 4.69) is 47.0 Å². The predicted molar refractivity (Wildman–Crippen MR) is 186 cm³/mol. The van der Waals surface area contributed by atoms with Gasteiger partial charge >= 0.3 is 12.1 Å². The van der Waals surface area contributed by atoms with Crippen LogP contribution in [0.3, 0.4) is 0 Å². The molecule has 0 aromatic rings. The van der Waals surface area contributed by atoms with Crippen LogP contribution < -0.4 is 26.6 Å². The maximum absolute atomic E-state index is 14.7. The Kier molecular flexibility index (Phi) is 13.3. The number of carbonyl (C=O) groups excluding carboxylic acids is 6. The molecular formula is C36H60N6O7. The van der Waals surface area contributed by atoms with Crippen LogP contribution in [0.1, 0.15) is 100 Å². The molecule has 3 rings (SSSR count). The standard InChI is InChI=1S/C36H60N6O7/c1-10-16-23(27(43)30(45)38-19-11-2)39-29(44)26-25-22(35(25,7)8)20-42(26)31(46)28(36(9)17-14-13-15-18-36)41-32(47)40-24(34(4,5)6)21-49-33(48)37-12-3/h11,22-26,28H,2,10,12-21H2,1,3-9H3,(H,37,48)(H,38,45)(H,39,44)(H2,40,41,47)/t22-,23?,24+,25-,26?,28+/m0/s1. The second-order valence-electron chi connectivity index (χ2n) is 15.9. The van der Waals surface area contributed by atoms with Gasteiger partial charge in [0.05, 0.1) is 12.1 Å². The Morgan fingerprint density at radius 2 is 1.61 bits per heavy atom. The second-order valence-corrected chi connectivity index (χ2v) is 15.9. The number of ketones is 1. The van der Waals surface area contributed by atoms with Crippen LogP contribution in [0.5, 0.6) is 0 Å². The van der Waals surface area contributed by atoms with Gasteiger partial charge in [-0.05, 0) is 54.3 Å². The molecule has 0 aromatic carbocycles. The highest BCUT2D eigenvalue weighted by Gasteiger charge is 2.70. The third-order valence-electron chi connectivity index (χ3n) is 10.9. The van der Waals surface area contributed by atoms with Gasteiger partial charge in [0, 0.05) is 19.6 Å². The number of likely N-dealkylation sites (tertiary alicyclic amines) is 1. The molecule has 6 atom stereocenters. The van der Waals surface area contributed by atoms with Crippen molar-refractivity contribution < 1.29 is 33.5 Å². The summed E-state index contributed by atoms with van der Waals surface area (Å²) in [5, 5.41) is 13.8. The Morgan fingerprint density at radius 1 is 0.959 bits per heavy atom. The number of fused-ring (bicyclic) bond motifs is 1. The molecule has 2 saturated carbocycles. The summed E-state index contributed by atoms with van der Waals surface area (Å²) in [7, 11) is 0. The van der Waals surface area contributed by atoms with Gasteiger partial charge in [-0.1, -0.05) is 80.2 Å². The molecule has 0 radical (unpaired) electrons. The monoisotopic (exact) mass is 688 g/mol. The fraction of sp³-hybridized carbons (Fsp3) is 0.778. The van der Waals surface area contributed by atoms with Crippen molar-refractivity contribution in [1.29, 1.82) is 0 Å². The summed E-state index contributed by atoms with van der Waals surface area (Å²) in [6, 6.07) is -3.93. The molecule has 2 unspecified atom stereocenters. The Hall–Kier alpha value is -3.64. The van der Waals surface area contributed by atoms with Gasteiger partial charge in [-0.2, -0.15) is 0 Å². The van der Waals surface area contributed by atoms with Gasteiger partial charge < -0.3 is 36.2 Å². The van der Waals surface area contributed by atoms with Gasteiger partial charge in [-0.15, -0.1) is 6.58 Å². The molecule has 3 aliphatic rings. The highest BCUT2D eigenvalue weighted by atomic mass is 16.5. The fourth-order valence-electron chi connectivity index (χ4n) is 7.58. The van der Waals surface area contributed by atoms with Gasteiger partial charge in [0.15, 0.2) is 0 Å². The molecule has 1 heterocycles. The number of Topliss-reactive ketones (excluding diaryl/α,β-unsaturated/α-hetero) is 1. The Bertz CT molecular complexity index is 1250. The van der Waals surface area contributed by atoms with Crippen molar-refractivity contribution in [3.05, 3.63) is 12.7 Å². The molecule has 0 spiro atoms. The molecule has 13 nitrogen and oxygen atoms in total. The summed E-state index contributed by atoms with van der Waals surface area (Å²) in [5.74, 6) is -2.40.